The highest BCUT2D eigenvalue weighted by Gasteiger charge is 2.49. The van der Waals surface area contributed by atoms with Crippen molar-refractivity contribution < 1.29 is 23.9 Å². The van der Waals surface area contributed by atoms with Gasteiger partial charge in [-0.15, -0.1) is 0 Å². The third-order valence-electron chi connectivity index (χ3n) is 3.65. The van der Waals surface area contributed by atoms with Gasteiger partial charge in [-0.2, -0.15) is 0 Å². The second kappa shape index (κ2) is 8.02. The van der Waals surface area contributed by atoms with Crippen LogP contribution in [0.25, 0.3) is 10.9 Å². The Morgan fingerprint density at radius 2 is 1.84 bits per heavy atom. The smallest absolute Gasteiger partial charge is 0.344 e. The van der Waals surface area contributed by atoms with Crippen LogP contribution in [0.2, 0.25) is 5.02 Å². The molecule has 2 N–H and O–H groups in total. The normalized spacial score (nSPS) is 11.2. The molecule has 2 aromatic rings. The molecule has 8 heteroatoms. The number of amides is 1. The van der Waals surface area contributed by atoms with E-state index < -0.39 is 17.5 Å². The number of hydrogen-bond acceptors (Lipinski definition) is 5. The van der Waals surface area contributed by atoms with Crippen LogP contribution in [0.5, 0.6) is 0 Å². The lowest BCUT2D eigenvalue weighted by atomic mass is 9.93. The molecule has 0 aliphatic heterocycles. The van der Waals surface area contributed by atoms with Crippen LogP contribution in [0.1, 0.15) is 19.5 Å². The Morgan fingerprint density at radius 3 is 2.40 bits per heavy atom. The third-order valence-corrected chi connectivity index (χ3v) is 3.88. The van der Waals surface area contributed by atoms with Crippen molar-refractivity contribution in [3.8, 4) is 0 Å². The monoisotopic (exact) mass is 366 g/mol. The SMILES string of the molecule is CCOC(=O)C(Cc1cc2ccc(Cl)cc2[nH]1)(NC=O)C(=O)OCC. The van der Waals surface area contributed by atoms with Crippen molar-refractivity contribution in [3.63, 3.8) is 0 Å². The average Bonchev–Trinajstić information content (AvgIpc) is 2.95. The van der Waals surface area contributed by atoms with Crippen molar-refractivity contribution in [2.45, 2.75) is 25.8 Å². The fraction of sp³-hybridized carbons (Fsp3) is 0.353. The minimum atomic E-state index is -1.96. The van der Waals surface area contributed by atoms with Crippen molar-refractivity contribution in [2.24, 2.45) is 0 Å². The van der Waals surface area contributed by atoms with E-state index >= 15 is 0 Å². The van der Waals surface area contributed by atoms with Gasteiger partial charge in [-0.25, -0.2) is 9.59 Å². The van der Waals surface area contributed by atoms with E-state index in [1.165, 1.54) is 0 Å². The predicted molar refractivity (Wildman–Crippen MR) is 92.2 cm³/mol. The van der Waals surface area contributed by atoms with E-state index in [0.717, 1.165) is 10.9 Å². The van der Waals surface area contributed by atoms with Crippen molar-refractivity contribution in [1.29, 1.82) is 0 Å². The van der Waals surface area contributed by atoms with Gasteiger partial charge in [-0.05, 0) is 37.4 Å². The molecule has 0 unspecified atom stereocenters. The zero-order valence-corrected chi connectivity index (χ0v) is 14.7. The van der Waals surface area contributed by atoms with E-state index in [-0.39, 0.29) is 26.0 Å². The molecule has 0 atom stereocenters. The summed E-state index contributed by atoms with van der Waals surface area (Å²) in [7, 11) is 0. The first-order chi connectivity index (χ1) is 12.0. The summed E-state index contributed by atoms with van der Waals surface area (Å²) in [5, 5.41) is 3.70. The first kappa shape index (κ1) is 18.8. The Kier molecular flexibility index (Phi) is 6.03. The van der Waals surface area contributed by atoms with E-state index in [1.54, 1.807) is 38.1 Å². The second-order valence-corrected chi connectivity index (χ2v) is 5.75. The summed E-state index contributed by atoms with van der Waals surface area (Å²) in [6.07, 6.45) is 0.142. The van der Waals surface area contributed by atoms with Crippen molar-refractivity contribution in [3.05, 3.63) is 35.0 Å². The molecule has 0 saturated carbocycles. The topological polar surface area (TPSA) is 97.5 Å². The van der Waals surface area contributed by atoms with Crippen LogP contribution in [-0.2, 0) is 30.3 Å². The molecule has 0 saturated heterocycles. The van der Waals surface area contributed by atoms with Gasteiger partial charge >= 0.3 is 11.9 Å². The first-order valence-corrected chi connectivity index (χ1v) is 8.17. The highest BCUT2D eigenvalue weighted by atomic mass is 35.5. The van der Waals surface area contributed by atoms with Crippen molar-refractivity contribution in [2.75, 3.05) is 13.2 Å². The van der Waals surface area contributed by atoms with Crippen LogP contribution >= 0.6 is 11.6 Å². The van der Waals surface area contributed by atoms with Crippen LogP contribution in [0.15, 0.2) is 24.3 Å². The lowest BCUT2D eigenvalue weighted by molar-refractivity contribution is -0.167. The number of rotatable bonds is 8. The number of hydrogen-bond donors (Lipinski definition) is 2. The maximum absolute atomic E-state index is 12.5. The summed E-state index contributed by atoms with van der Waals surface area (Å²) in [6.45, 7) is 3.34. The number of aromatic amines is 1. The van der Waals surface area contributed by atoms with Gasteiger partial charge in [0, 0.05) is 22.7 Å². The molecule has 1 amide bonds. The molecule has 0 fully saturated rings. The Morgan fingerprint density at radius 1 is 1.20 bits per heavy atom. The van der Waals surface area contributed by atoms with E-state index in [1.807, 2.05) is 0 Å². The molecule has 1 aromatic heterocycles. The fourth-order valence-corrected chi connectivity index (χ4v) is 2.72. The molecule has 0 spiro atoms. The zero-order valence-electron chi connectivity index (χ0n) is 13.9. The van der Waals surface area contributed by atoms with Crippen LogP contribution in [0, 0.1) is 0 Å². The van der Waals surface area contributed by atoms with Gasteiger partial charge in [0.25, 0.3) is 0 Å². The molecule has 2 rings (SSSR count). The number of aromatic nitrogens is 1. The molecule has 0 aliphatic rings. The molecule has 0 radical (unpaired) electrons. The third kappa shape index (κ3) is 3.93. The number of benzene rings is 1. The van der Waals surface area contributed by atoms with Crippen LogP contribution in [-0.4, -0.2) is 42.1 Å². The lowest BCUT2D eigenvalue weighted by Gasteiger charge is -2.28. The molecule has 7 nitrogen and oxygen atoms in total. The van der Waals surface area contributed by atoms with Gasteiger partial charge in [0.15, 0.2) is 0 Å². The molecular formula is C17H19ClN2O5. The number of carbonyl (C=O) groups excluding carboxylic acids is 3. The molecular weight excluding hydrogens is 348 g/mol. The Bertz CT molecular complexity index is 768. The number of H-pyrrole nitrogens is 1. The largest absolute Gasteiger partial charge is 0.464 e. The van der Waals surface area contributed by atoms with E-state index in [9.17, 15) is 14.4 Å². The molecule has 25 heavy (non-hydrogen) atoms. The lowest BCUT2D eigenvalue weighted by Crippen LogP contribution is -2.61. The molecule has 0 aliphatic carbocycles. The maximum atomic E-state index is 12.5. The van der Waals surface area contributed by atoms with E-state index in [2.05, 4.69) is 10.3 Å². The number of halogens is 1. The van der Waals surface area contributed by atoms with Crippen LogP contribution < -0.4 is 5.32 Å². The summed E-state index contributed by atoms with van der Waals surface area (Å²) in [6, 6.07) is 7.03. The highest BCUT2D eigenvalue weighted by molar-refractivity contribution is 6.31. The average molecular weight is 367 g/mol. The van der Waals surface area contributed by atoms with E-state index in [4.69, 9.17) is 21.1 Å². The summed E-state index contributed by atoms with van der Waals surface area (Å²) < 4.78 is 9.99. The Hall–Kier alpha value is -2.54. The number of ether oxygens (including phenoxy) is 2. The second-order valence-electron chi connectivity index (χ2n) is 5.31. The number of nitrogens with one attached hydrogen (secondary N) is 2. The fourth-order valence-electron chi connectivity index (χ4n) is 2.55. The van der Waals surface area contributed by atoms with E-state index in [0.29, 0.717) is 10.7 Å². The summed E-state index contributed by atoms with van der Waals surface area (Å²) in [5.74, 6) is -1.76. The number of esters is 2. The summed E-state index contributed by atoms with van der Waals surface area (Å²) in [5.41, 5.74) is -0.665. The van der Waals surface area contributed by atoms with Gasteiger partial charge in [0.2, 0.25) is 11.9 Å². The van der Waals surface area contributed by atoms with Crippen LogP contribution in [0.4, 0.5) is 0 Å². The molecule has 1 aromatic carbocycles. The Balaban J connectivity index is 2.46. The number of carbonyl (C=O) groups is 3. The predicted octanol–water partition coefficient (Wildman–Crippen LogP) is 1.97. The van der Waals surface area contributed by atoms with Gasteiger partial charge in [-0.1, -0.05) is 17.7 Å². The summed E-state index contributed by atoms with van der Waals surface area (Å²) in [4.78, 5) is 39.1. The van der Waals surface area contributed by atoms with Crippen molar-refractivity contribution >= 4 is 40.9 Å². The first-order valence-electron chi connectivity index (χ1n) is 7.79. The quantitative estimate of drug-likeness (QED) is 0.423. The van der Waals surface area contributed by atoms with Gasteiger partial charge in [0.1, 0.15) is 0 Å². The standard InChI is InChI=1S/C17H19ClN2O5/c1-3-24-15(22)17(19-10-21,16(23)25-4-2)9-13-7-11-5-6-12(18)8-14(11)20-13/h5-8,10,20H,3-4,9H2,1-2H3,(H,19,21). The van der Waals surface area contributed by atoms with Crippen molar-refractivity contribution in [1.82, 2.24) is 10.3 Å². The maximum Gasteiger partial charge on any atom is 0.344 e. The number of fused-ring (bicyclic) bond motifs is 1. The molecule has 1 heterocycles. The van der Waals surface area contributed by atoms with Gasteiger partial charge in [-0.3, -0.25) is 4.79 Å². The molecule has 134 valence electrons. The summed E-state index contributed by atoms with van der Waals surface area (Å²) >= 11 is 5.97. The van der Waals surface area contributed by atoms with Gasteiger partial charge < -0.3 is 19.8 Å². The van der Waals surface area contributed by atoms with Crippen LogP contribution in [0.3, 0.4) is 0 Å². The Labute approximate surface area is 149 Å². The highest BCUT2D eigenvalue weighted by Crippen LogP contribution is 2.24. The minimum Gasteiger partial charge on any atom is -0.464 e. The zero-order chi connectivity index (χ0) is 18.4. The minimum absolute atomic E-state index is 0.0584. The molecule has 0 bridgehead atoms. The van der Waals surface area contributed by atoms with Gasteiger partial charge in [0.05, 0.1) is 13.2 Å².